The van der Waals surface area contributed by atoms with Gasteiger partial charge < -0.3 is 21.1 Å². The average molecular weight is 343 g/mol. The van der Waals surface area contributed by atoms with Gasteiger partial charge in [-0.2, -0.15) is 0 Å². The van der Waals surface area contributed by atoms with E-state index in [9.17, 15) is 9.59 Å². The van der Waals surface area contributed by atoms with E-state index in [2.05, 4.69) is 10.6 Å². The lowest BCUT2D eigenvalue weighted by Crippen LogP contribution is -2.22. The zero-order valence-corrected chi connectivity index (χ0v) is 13.9. The van der Waals surface area contributed by atoms with Crippen LogP contribution in [0.1, 0.15) is 27.6 Å². The molecular formula is C17H17N3O3S. The number of carbonyl (C=O) groups is 2. The topological polar surface area (TPSA) is 93.4 Å². The summed E-state index contributed by atoms with van der Waals surface area (Å²) in [4.78, 5) is 23.0. The monoisotopic (exact) mass is 343 g/mol. The minimum Gasteiger partial charge on any atom is -0.462 e. The van der Waals surface area contributed by atoms with Crippen molar-refractivity contribution in [2.45, 2.75) is 6.92 Å². The summed E-state index contributed by atoms with van der Waals surface area (Å²) in [6, 6.07) is 13.5. The van der Waals surface area contributed by atoms with Crippen molar-refractivity contribution < 1.29 is 14.3 Å². The number of primary amides is 1. The number of hydrogen-bond acceptors (Lipinski definition) is 4. The Morgan fingerprint density at radius 1 is 1.08 bits per heavy atom. The van der Waals surface area contributed by atoms with Crippen molar-refractivity contribution in [2.75, 3.05) is 17.2 Å². The quantitative estimate of drug-likeness (QED) is 0.571. The zero-order chi connectivity index (χ0) is 17.5. The van der Waals surface area contributed by atoms with Crippen molar-refractivity contribution >= 4 is 40.6 Å². The highest BCUT2D eigenvalue weighted by Crippen LogP contribution is 2.16. The van der Waals surface area contributed by atoms with Crippen molar-refractivity contribution in [3.05, 3.63) is 59.7 Å². The number of amides is 1. The summed E-state index contributed by atoms with van der Waals surface area (Å²) in [5, 5.41) is 6.20. The first-order chi connectivity index (χ1) is 11.5. The molecule has 2 rings (SSSR count). The van der Waals surface area contributed by atoms with Crippen molar-refractivity contribution in [3.8, 4) is 0 Å². The molecule has 1 amide bonds. The van der Waals surface area contributed by atoms with E-state index in [1.54, 1.807) is 55.5 Å². The molecule has 0 saturated heterocycles. The van der Waals surface area contributed by atoms with Crippen LogP contribution < -0.4 is 16.4 Å². The summed E-state index contributed by atoms with van der Waals surface area (Å²) in [7, 11) is 0. The van der Waals surface area contributed by atoms with Crippen molar-refractivity contribution in [2.24, 2.45) is 5.73 Å². The van der Waals surface area contributed by atoms with Crippen LogP contribution in [0.25, 0.3) is 0 Å². The van der Waals surface area contributed by atoms with Crippen LogP contribution in [-0.4, -0.2) is 23.6 Å². The van der Waals surface area contributed by atoms with Crippen molar-refractivity contribution in [3.63, 3.8) is 0 Å². The van der Waals surface area contributed by atoms with Crippen LogP contribution in [0.4, 0.5) is 11.4 Å². The highest BCUT2D eigenvalue weighted by atomic mass is 32.1. The van der Waals surface area contributed by atoms with Gasteiger partial charge in [0.05, 0.1) is 23.4 Å². The molecule has 0 unspecified atom stereocenters. The molecule has 0 radical (unpaired) electrons. The second-order valence-corrected chi connectivity index (χ2v) is 5.20. The maximum atomic E-state index is 11.6. The third-order valence-corrected chi connectivity index (χ3v) is 3.30. The molecule has 0 bridgehead atoms. The number of para-hydroxylation sites is 1. The first-order valence-electron chi connectivity index (χ1n) is 7.25. The van der Waals surface area contributed by atoms with Gasteiger partial charge in [-0.25, -0.2) is 4.79 Å². The van der Waals surface area contributed by atoms with E-state index < -0.39 is 5.91 Å². The smallest absolute Gasteiger partial charge is 0.338 e. The number of nitrogens with one attached hydrogen (secondary N) is 2. The molecule has 0 fully saturated rings. The van der Waals surface area contributed by atoms with E-state index >= 15 is 0 Å². The molecule has 0 aromatic heterocycles. The third-order valence-electron chi connectivity index (χ3n) is 3.09. The van der Waals surface area contributed by atoms with Crippen LogP contribution in [0.3, 0.4) is 0 Å². The highest BCUT2D eigenvalue weighted by molar-refractivity contribution is 7.80. The second-order valence-electron chi connectivity index (χ2n) is 4.79. The second kappa shape index (κ2) is 8.07. The molecule has 24 heavy (non-hydrogen) atoms. The number of anilines is 2. The largest absolute Gasteiger partial charge is 0.462 e. The minimum absolute atomic E-state index is 0.299. The van der Waals surface area contributed by atoms with Crippen LogP contribution in [0.15, 0.2) is 48.5 Å². The number of esters is 1. The number of rotatable bonds is 5. The van der Waals surface area contributed by atoms with Gasteiger partial charge in [-0.05, 0) is 55.5 Å². The molecule has 4 N–H and O–H groups in total. The highest BCUT2D eigenvalue weighted by Gasteiger charge is 2.09. The Labute approximate surface area is 145 Å². The summed E-state index contributed by atoms with van der Waals surface area (Å²) in [6.07, 6.45) is 0. The SMILES string of the molecule is CCOC(=O)c1ccc(NC(=S)Nc2ccccc2C(N)=O)cc1. The van der Waals surface area contributed by atoms with Crippen LogP contribution in [0.2, 0.25) is 0 Å². The summed E-state index contributed by atoms with van der Waals surface area (Å²) < 4.78 is 4.92. The Kier molecular flexibility index (Phi) is 5.86. The van der Waals surface area contributed by atoms with Gasteiger partial charge >= 0.3 is 5.97 Å². The molecule has 0 aliphatic rings. The predicted molar refractivity (Wildman–Crippen MR) is 97.2 cm³/mol. The molecule has 0 saturated carbocycles. The summed E-state index contributed by atoms with van der Waals surface area (Å²) in [5.74, 6) is -0.917. The molecule has 0 spiro atoms. The number of benzene rings is 2. The minimum atomic E-state index is -0.542. The molecule has 6 nitrogen and oxygen atoms in total. The Morgan fingerprint density at radius 2 is 1.75 bits per heavy atom. The lowest BCUT2D eigenvalue weighted by molar-refractivity contribution is 0.0526. The maximum Gasteiger partial charge on any atom is 0.338 e. The molecule has 2 aromatic rings. The Balaban J connectivity index is 2.03. The molecule has 124 valence electrons. The van der Waals surface area contributed by atoms with Gasteiger partial charge in [0.1, 0.15) is 0 Å². The van der Waals surface area contributed by atoms with E-state index in [0.29, 0.717) is 34.2 Å². The lowest BCUT2D eigenvalue weighted by Gasteiger charge is -2.13. The normalized spacial score (nSPS) is 9.88. The summed E-state index contributed by atoms with van der Waals surface area (Å²) in [5.41, 5.74) is 7.34. The van der Waals surface area contributed by atoms with E-state index in [1.807, 2.05) is 0 Å². The fourth-order valence-corrected chi connectivity index (χ4v) is 2.22. The van der Waals surface area contributed by atoms with Crippen LogP contribution in [0.5, 0.6) is 0 Å². The number of hydrogen-bond donors (Lipinski definition) is 3. The molecule has 0 aliphatic carbocycles. The molecule has 2 aromatic carbocycles. The van der Waals surface area contributed by atoms with Crippen LogP contribution in [-0.2, 0) is 4.74 Å². The Bertz CT molecular complexity index is 760. The number of thiocarbonyl (C=S) groups is 1. The number of carbonyl (C=O) groups excluding carboxylic acids is 2. The fourth-order valence-electron chi connectivity index (χ4n) is 2.00. The van der Waals surface area contributed by atoms with E-state index in [-0.39, 0.29) is 5.97 Å². The zero-order valence-electron chi connectivity index (χ0n) is 13.0. The summed E-state index contributed by atoms with van der Waals surface area (Å²) >= 11 is 5.22. The third kappa shape index (κ3) is 4.53. The Hall–Kier alpha value is -2.93. The standard InChI is InChI=1S/C17H17N3O3S/c1-2-23-16(22)11-7-9-12(10-8-11)19-17(24)20-14-6-4-3-5-13(14)15(18)21/h3-10H,2H2,1H3,(H2,18,21)(H2,19,20,24). The van der Waals surface area contributed by atoms with Gasteiger partial charge in [0, 0.05) is 5.69 Å². The molecule has 0 aliphatic heterocycles. The van der Waals surface area contributed by atoms with E-state index in [1.165, 1.54) is 0 Å². The Morgan fingerprint density at radius 3 is 2.38 bits per heavy atom. The molecule has 0 heterocycles. The summed E-state index contributed by atoms with van der Waals surface area (Å²) in [6.45, 7) is 2.08. The lowest BCUT2D eigenvalue weighted by atomic mass is 10.1. The van der Waals surface area contributed by atoms with E-state index in [4.69, 9.17) is 22.7 Å². The number of ether oxygens (including phenoxy) is 1. The van der Waals surface area contributed by atoms with Gasteiger partial charge in [0.25, 0.3) is 5.91 Å². The molecule has 0 atom stereocenters. The van der Waals surface area contributed by atoms with Gasteiger partial charge in [0.2, 0.25) is 0 Å². The van der Waals surface area contributed by atoms with Crippen molar-refractivity contribution in [1.29, 1.82) is 0 Å². The average Bonchev–Trinajstić information content (AvgIpc) is 2.56. The molecular weight excluding hydrogens is 326 g/mol. The van der Waals surface area contributed by atoms with Gasteiger partial charge in [-0.3, -0.25) is 4.79 Å². The first-order valence-corrected chi connectivity index (χ1v) is 7.66. The van der Waals surface area contributed by atoms with Crippen LogP contribution >= 0.6 is 12.2 Å². The van der Waals surface area contributed by atoms with Gasteiger partial charge in [-0.1, -0.05) is 12.1 Å². The van der Waals surface area contributed by atoms with Gasteiger partial charge in [0.15, 0.2) is 5.11 Å². The van der Waals surface area contributed by atoms with Crippen LogP contribution in [0, 0.1) is 0 Å². The van der Waals surface area contributed by atoms with Gasteiger partial charge in [-0.15, -0.1) is 0 Å². The first kappa shape index (κ1) is 17.4. The fraction of sp³-hybridized carbons (Fsp3) is 0.118. The predicted octanol–water partition coefficient (Wildman–Crippen LogP) is 2.77. The molecule has 7 heteroatoms. The maximum absolute atomic E-state index is 11.6. The van der Waals surface area contributed by atoms with Crippen molar-refractivity contribution in [1.82, 2.24) is 0 Å². The van der Waals surface area contributed by atoms with E-state index in [0.717, 1.165) is 0 Å². The number of nitrogens with two attached hydrogens (primary N) is 1.